The van der Waals surface area contributed by atoms with E-state index in [2.05, 4.69) is 0 Å². The van der Waals surface area contributed by atoms with Crippen LogP contribution >= 0.6 is 0 Å². The molecule has 1 heterocycles. The third kappa shape index (κ3) is 2.93. The molecule has 1 fully saturated rings. The van der Waals surface area contributed by atoms with Gasteiger partial charge in [0.05, 0.1) is 5.60 Å². The van der Waals surface area contributed by atoms with Crippen molar-refractivity contribution >= 4 is 11.7 Å². The zero-order chi connectivity index (χ0) is 14.9. The number of nitrogens with zero attached hydrogens (tertiary/aromatic N) is 2. The molecule has 0 bridgehead atoms. The zero-order valence-electron chi connectivity index (χ0n) is 12.3. The van der Waals surface area contributed by atoms with Gasteiger partial charge in [-0.05, 0) is 25.8 Å². The van der Waals surface area contributed by atoms with Crippen molar-refractivity contribution in [3.63, 3.8) is 0 Å². The van der Waals surface area contributed by atoms with E-state index in [4.69, 9.17) is 0 Å². The molecule has 1 amide bonds. The molecule has 1 aliphatic rings. The summed E-state index contributed by atoms with van der Waals surface area (Å²) in [5, 5.41) is 10.4. The van der Waals surface area contributed by atoms with Gasteiger partial charge in [-0.1, -0.05) is 12.8 Å². The first-order chi connectivity index (χ1) is 9.32. The first-order valence-corrected chi connectivity index (χ1v) is 6.97. The van der Waals surface area contributed by atoms with Crippen LogP contribution in [0.5, 0.6) is 0 Å². The van der Waals surface area contributed by atoms with Crippen LogP contribution in [0.2, 0.25) is 0 Å². The fraction of sp³-hybridized carbons (Fsp3) is 0.600. The summed E-state index contributed by atoms with van der Waals surface area (Å²) in [5.41, 5.74) is 0.252. The molecule has 1 aliphatic carbocycles. The van der Waals surface area contributed by atoms with Crippen LogP contribution in [-0.2, 0) is 7.05 Å². The molecule has 2 rings (SSSR count). The molecule has 0 aromatic carbocycles. The lowest BCUT2D eigenvalue weighted by Crippen LogP contribution is -2.42. The number of hydrogen-bond donors (Lipinski definition) is 1. The van der Waals surface area contributed by atoms with E-state index in [-0.39, 0.29) is 11.7 Å². The summed E-state index contributed by atoms with van der Waals surface area (Å²) in [6.45, 7) is 1.82. The summed E-state index contributed by atoms with van der Waals surface area (Å²) in [7, 11) is 3.44. The molecule has 0 atom stereocenters. The van der Waals surface area contributed by atoms with Gasteiger partial charge in [0.2, 0.25) is 0 Å². The molecule has 1 aromatic heterocycles. The molecule has 1 N–H and O–H groups in total. The minimum Gasteiger partial charge on any atom is -0.388 e. The summed E-state index contributed by atoms with van der Waals surface area (Å²) in [6, 6.07) is 1.61. The molecule has 1 aromatic rings. The quantitative estimate of drug-likeness (QED) is 0.851. The van der Waals surface area contributed by atoms with Gasteiger partial charge >= 0.3 is 0 Å². The van der Waals surface area contributed by atoms with Crippen molar-refractivity contribution in [1.82, 2.24) is 9.47 Å². The van der Waals surface area contributed by atoms with E-state index >= 15 is 0 Å². The lowest BCUT2D eigenvalue weighted by Gasteiger charge is -2.28. The zero-order valence-corrected chi connectivity index (χ0v) is 12.3. The van der Waals surface area contributed by atoms with Crippen LogP contribution < -0.4 is 0 Å². The van der Waals surface area contributed by atoms with Crippen LogP contribution in [0.4, 0.5) is 0 Å². The van der Waals surface area contributed by atoms with Crippen molar-refractivity contribution in [3.8, 4) is 0 Å². The average molecular weight is 278 g/mol. The largest absolute Gasteiger partial charge is 0.388 e. The van der Waals surface area contributed by atoms with E-state index in [0.29, 0.717) is 17.8 Å². The second-order valence-corrected chi connectivity index (χ2v) is 5.87. The number of carbonyl (C=O) groups excluding carboxylic acids is 2. The number of ketones is 1. The van der Waals surface area contributed by atoms with Gasteiger partial charge in [0, 0.05) is 32.4 Å². The van der Waals surface area contributed by atoms with E-state index in [1.165, 1.54) is 6.92 Å². The number of Topliss-reactive ketones (excluding diaryl/α,β-unsaturated/α-hetero) is 1. The Morgan fingerprint density at radius 1 is 1.40 bits per heavy atom. The molecule has 20 heavy (non-hydrogen) atoms. The van der Waals surface area contributed by atoms with E-state index in [1.54, 1.807) is 35.8 Å². The van der Waals surface area contributed by atoms with Crippen molar-refractivity contribution in [1.29, 1.82) is 0 Å². The molecule has 0 radical (unpaired) electrons. The number of carbonyl (C=O) groups is 2. The fourth-order valence-corrected chi connectivity index (χ4v) is 2.87. The van der Waals surface area contributed by atoms with Gasteiger partial charge in [-0.25, -0.2) is 0 Å². The molecule has 5 heteroatoms. The Morgan fingerprint density at radius 3 is 2.50 bits per heavy atom. The number of hydrogen-bond acceptors (Lipinski definition) is 3. The highest BCUT2D eigenvalue weighted by Crippen LogP contribution is 2.30. The number of amides is 1. The predicted molar refractivity (Wildman–Crippen MR) is 75.8 cm³/mol. The lowest BCUT2D eigenvalue weighted by atomic mass is 10.0. The van der Waals surface area contributed by atoms with E-state index < -0.39 is 5.60 Å². The van der Waals surface area contributed by atoms with Crippen molar-refractivity contribution < 1.29 is 14.7 Å². The maximum atomic E-state index is 12.4. The number of aliphatic hydroxyl groups is 1. The summed E-state index contributed by atoms with van der Waals surface area (Å²) in [5.74, 6) is -0.225. The number of likely N-dealkylation sites (N-methyl/N-ethyl adjacent to an activating group) is 1. The van der Waals surface area contributed by atoms with Crippen LogP contribution in [0.1, 0.15) is 53.5 Å². The number of rotatable bonds is 4. The Kier molecular flexibility index (Phi) is 3.99. The molecule has 0 unspecified atom stereocenters. The number of aromatic nitrogens is 1. The first-order valence-electron chi connectivity index (χ1n) is 6.97. The van der Waals surface area contributed by atoms with Gasteiger partial charge in [0.1, 0.15) is 5.69 Å². The normalized spacial score (nSPS) is 17.2. The maximum absolute atomic E-state index is 12.4. The van der Waals surface area contributed by atoms with Gasteiger partial charge in [0.15, 0.2) is 5.78 Å². The highest BCUT2D eigenvalue weighted by molar-refractivity contribution is 5.99. The smallest absolute Gasteiger partial charge is 0.270 e. The highest BCUT2D eigenvalue weighted by Gasteiger charge is 2.34. The standard InChI is InChI=1S/C15H22N2O3/c1-11(18)12-8-13(16(2)9-12)14(19)17(3)10-15(20)6-4-5-7-15/h8-9,20H,4-7,10H2,1-3H3. The summed E-state index contributed by atoms with van der Waals surface area (Å²) < 4.78 is 1.66. The van der Waals surface area contributed by atoms with Crippen molar-refractivity contribution in [2.45, 2.75) is 38.2 Å². The van der Waals surface area contributed by atoms with E-state index in [9.17, 15) is 14.7 Å². The Hall–Kier alpha value is -1.62. The second kappa shape index (κ2) is 5.40. The third-order valence-corrected chi connectivity index (χ3v) is 4.04. The SMILES string of the molecule is CC(=O)c1cc(C(=O)N(C)CC2(O)CCCC2)n(C)c1. The third-order valence-electron chi connectivity index (χ3n) is 4.04. The second-order valence-electron chi connectivity index (χ2n) is 5.87. The van der Waals surface area contributed by atoms with Gasteiger partial charge in [-0.15, -0.1) is 0 Å². The van der Waals surface area contributed by atoms with Gasteiger partial charge < -0.3 is 14.6 Å². The van der Waals surface area contributed by atoms with Crippen molar-refractivity contribution in [2.24, 2.45) is 7.05 Å². The van der Waals surface area contributed by atoms with Crippen molar-refractivity contribution in [3.05, 3.63) is 23.5 Å². The van der Waals surface area contributed by atoms with E-state index in [0.717, 1.165) is 25.7 Å². The van der Waals surface area contributed by atoms with Crippen LogP contribution in [0.3, 0.4) is 0 Å². The Morgan fingerprint density at radius 2 is 2.00 bits per heavy atom. The Bertz CT molecular complexity index is 527. The molecule has 0 aliphatic heterocycles. The maximum Gasteiger partial charge on any atom is 0.270 e. The van der Waals surface area contributed by atoms with Gasteiger partial charge in [-0.3, -0.25) is 9.59 Å². The molecule has 1 saturated carbocycles. The van der Waals surface area contributed by atoms with Crippen LogP contribution in [0.25, 0.3) is 0 Å². The monoisotopic (exact) mass is 278 g/mol. The predicted octanol–water partition coefficient (Wildman–Crippen LogP) is 1.60. The molecular formula is C15H22N2O3. The molecule has 110 valence electrons. The molecule has 0 saturated heterocycles. The van der Waals surface area contributed by atoms with Gasteiger partial charge in [-0.2, -0.15) is 0 Å². The van der Waals surface area contributed by atoms with Gasteiger partial charge in [0.25, 0.3) is 5.91 Å². The van der Waals surface area contributed by atoms with Crippen LogP contribution in [-0.4, -0.2) is 45.5 Å². The molecular weight excluding hydrogens is 256 g/mol. The van der Waals surface area contributed by atoms with Crippen LogP contribution in [0, 0.1) is 0 Å². The lowest BCUT2D eigenvalue weighted by molar-refractivity contribution is 0.0153. The Balaban J connectivity index is 2.12. The summed E-state index contributed by atoms with van der Waals surface area (Å²) in [6.07, 6.45) is 5.18. The topological polar surface area (TPSA) is 62.5 Å². The minimum absolute atomic E-state index is 0.0586. The highest BCUT2D eigenvalue weighted by atomic mass is 16.3. The summed E-state index contributed by atoms with van der Waals surface area (Å²) >= 11 is 0. The fourth-order valence-electron chi connectivity index (χ4n) is 2.87. The average Bonchev–Trinajstić information content (AvgIpc) is 2.95. The molecule has 0 spiro atoms. The Labute approximate surface area is 119 Å². The van der Waals surface area contributed by atoms with Crippen molar-refractivity contribution in [2.75, 3.05) is 13.6 Å². The minimum atomic E-state index is -0.751. The number of aryl methyl sites for hydroxylation is 1. The molecule has 5 nitrogen and oxygen atoms in total. The van der Waals surface area contributed by atoms with E-state index in [1.807, 2.05) is 0 Å². The first kappa shape index (κ1) is 14.8. The van der Waals surface area contributed by atoms with Crippen LogP contribution in [0.15, 0.2) is 12.3 Å². The summed E-state index contributed by atoms with van der Waals surface area (Å²) in [4.78, 5) is 25.3.